The van der Waals surface area contributed by atoms with Crippen molar-refractivity contribution < 1.29 is 4.39 Å². The van der Waals surface area contributed by atoms with E-state index in [0.29, 0.717) is 0 Å². The third-order valence-corrected chi connectivity index (χ3v) is 8.96. The molecular weight excluding hydrogens is 487 g/mol. The minimum absolute atomic E-state index is 0.0512. The van der Waals surface area contributed by atoms with Crippen molar-refractivity contribution in [1.82, 2.24) is 0 Å². The van der Waals surface area contributed by atoms with Crippen LogP contribution >= 0.6 is 11.6 Å². The predicted molar refractivity (Wildman–Crippen MR) is 162 cm³/mol. The molecule has 1 fully saturated rings. The molecule has 0 radical (unpaired) electrons. The maximum atomic E-state index is 14.7. The van der Waals surface area contributed by atoms with Crippen molar-refractivity contribution in [2.75, 3.05) is 0 Å². The number of unbranched alkanes of at least 4 members (excludes halogenated alkanes) is 3. The summed E-state index contributed by atoms with van der Waals surface area (Å²) in [4.78, 5) is 0. The summed E-state index contributed by atoms with van der Waals surface area (Å²) in [5.41, 5.74) is 6.15. The number of halogens is 2. The van der Waals surface area contributed by atoms with E-state index < -0.39 is 0 Å². The molecule has 0 bridgehead atoms. The average molecular weight is 533 g/mol. The van der Waals surface area contributed by atoms with Crippen LogP contribution in [0.3, 0.4) is 0 Å². The lowest BCUT2D eigenvalue weighted by Gasteiger charge is -2.28. The van der Waals surface area contributed by atoms with Crippen LogP contribution in [0.25, 0.3) is 0 Å². The van der Waals surface area contributed by atoms with Gasteiger partial charge in [-0.25, -0.2) is 4.39 Å². The molecule has 0 aliphatic heterocycles. The van der Waals surface area contributed by atoms with E-state index in [9.17, 15) is 4.39 Å². The van der Waals surface area contributed by atoms with Crippen LogP contribution in [0.5, 0.6) is 0 Å². The van der Waals surface area contributed by atoms with Gasteiger partial charge in [0, 0.05) is 5.02 Å². The Hall–Kier alpha value is -2.12. The van der Waals surface area contributed by atoms with Crippen LogP contribution in [-0.4, -0.2) is 0 Å². The predicted octanol–water partition coefficient (Wildman–Crippen LogP) is 10.8. The maximum Gasteiger partial charge on any atom is 0.126 e. The monoisotopic (exact) mass is 532 g/mol. The molecule has 0 spiro atoms. The molecule has 0 saturated heterocycles. The molecule has 0 heterocycles. The van der Waals surface area contributed by atoms with Crippen molar-refractivity contribution in [3.05, 3.63) is 105 Å². The molecule has 3 aromatic rings. The zero-order valence-electron chi connectivity index (χ0n) is 23.4. The highest BCUT2D eigenvalue weighted by molar-refractivity contribution is 6.30. The van der Waals surface area contributed by atoms with Crippen LogP contribution in [0.1, 0.15) is 98.9 Å². The molecule has 0 aromatic heterocycles. The summed E-state index contributed by atoms with van der Waals surface area (Å²) in [5.74, 6) is 1.62. The molecule has 38 heavy (non-hydrogen) atoms. The normalized spacial score (nSPS) is 17.6. The second-order valence-electron chi connectivity index (χ2n) is 11.6. The summed E-state index contributed by atoms with van der Waals surface area (Å²) in [6.07, 6.45) is 18.2. The summed E-state index contributed by atoms with van der Waals surface area (Å²) in [6, 6.07) is 23.2. The van der Waals surface area contributed by atoms with E-state index in [-0.39, 0.29) is 5.82 Å². The van der Waals surface area contributed by atoms with Crippen LogP contribution in [0.4, 0.5) is 4.39 Å². The maximum absolute atomic E-state index is 14.7. The first-order valence-corrected chi connectivity index (χ1v) is 15.6. The third kappa shape index (κ3) is 9.57. The van der Waals surface area contributed by atoms with Gasteiger partial charge < -0.3 is 0 Å². The molecule has 204 valence electrons. The number of aryl methyl sites for hydroxylation is 5. The topological polar surface area (TPSA) is 0 Å². The first-order chi connectivity index (χ1) is 18.6. The van der Waals surface area contributed by atoms with Crippen LogP contribution in [-0.2, 0) is 32.1 Å². The largest absolute Gasteiger partial charge is 0.207 e. The Balaban J connectivity index is 1.12. The summed E-state index contributed by atoms with van der Waals surface area (Å²) in [5, 5.41) is 0.742. The first-order valence-electron chi connectivity index (χ1n) is 15.2. The van der Waals surface area contributed by atoms with Crippen LogP contribution in [0, 0.1) is 17.7 Å². The van der Waals surface area contributed by atoms with Gasteiger partial charge in [0.1, 0.15) is 5.82 Å². The fourth-order valence-electron chi connectivity index (χ4n) is 6.06. The van der Waals surface area contributed by atoms with Gasteiger partial charge in [0.2, 0.25) is 0 Å². The third-order valence-electron chi connectivity index (χ3n) is 8.70. The zero-order chi connectivity index (χ0) is 26.6. The molecule has 0 nitrogen and oxygen atoms in total. The summed E-state index contributed by atoms with van der Waals surface area (Å²) >= 11 is 5.96. The number of benzene rings is 3. The second kappa shape index (κ2) is 15.5. The lowest BCUT2D eigenvalue weighted by molar-refractivity contribution is 0.253. The lowest BCUT2D eigenvalue weighted by Crippen LogP contribution is -2.16. The van der Waals surface area contributed by atoms with E-state index in [1.54, 1.807) is 6.07 Å². The average Bonchev–Trinajstić information content (AvgIpc) is 2.95. The van der Waals surface area contributed by atoms with E-state index in [2.05, 4.69) is 37.3 Å². The van der Waals surface area contributed by atoms with Gasteiger partial charge in [0.05, 0.1) is 0 Å². The van der Waals surface area contributed by atoms with Crippen molar-refractivity contribution in [2.45, 2.75) is 103 Å². The van der Waals surface area contributed by atoms with Gasteiger partial charge in [-0.2, -0.15) is 0 Å². The SMILES string of the molecule is CCCCCCc1ccc(CC[C@H]2CC[C@H](CCc3ccc(CCc4ccc(Cl)cc4)c(F)c3)CC2)cc1. The fourth-order valence-corrected chi connectivity index (χ4v) is 6.18. The molecule has 2 heteroatoms. The lowest BCUT2D eigenvalue weighted by atomic mass is 9.77. The summed E-state index contributed by atoms with van der Waals surface area (Å²) < 4.78 is 14.7. The molecule has 1 aliphatic carbocycles. The Morgan fingerprint density at radius 2 is 1.13 bits per heavy atom. The molecular formula is C36H46ClF. The molecule has 0 N–H and O–H groups in total. The van der Waals surface area contributed by atoms with E-state index in [0.717, 1.165) is 47.2 Å². The van der Waals surface area contributed by atoms with Gasteiger partial charge in [-0.1, -0.05) is 112 Å². The Morgan fingerprint density at radius 1 is 0.605 bits per heavy atom. The number of hydrogen-bond acceptors (Lipinski definition) is 0. The molecule has 1 aliphatic rings. The highest BCUT2D eigenvalue weighted by atomic mass is 35.5. The van der Waals surface area contributed by atoms with E-state index in [4.69, 9.17) is 11.6 Å². The standard InChI is InChI=1S/C36H46ClF/c1-2-3-4-5-6-28-7-9-29(10-8-28)11-12-30-13-15-31(16-14-30)17-18-33-20-24-34(36(38)27-33)23-19-32-21-25-35(37)26-22-32/h7-10,20-22,24-27,30-31H,2-6,11-19,23H2,1H3/t30-,31-. The van der Waals surface area contributed by atoms with Crippen molar-refractivity contribution in [3.8, 4) is 0 Å². The molecule has 0 atom stereocenters. The summed E-state index contributed by atoms with van der Waals surface area (Å²) in [7, 11) is 0. The highest BCUT2D eigenvalue weighted by Gasteiger charge is 2.21. The smallest absolute Gasteiger partial charge is 0.126 e. The minimum Gasteiger partial charge on any atom is -0.207 e. The molecule has 0 unspecified atom stereocenters. The molecule has 4 rings (SSSR count). The van der Waals surface area contributed by atoms with Gasteiger partial charge in [-0.15, -0.1) is 0 Å². The van der Waals surface area contributed by atoms with Gasteiger partial charge in [0.15, 0.2) is 0 Å². The Bertz CT molecular complexity index is 1080. The number of rotatable bonds is 14. The van der Waals surface area contributed by atoms with Crippen LogP contribution in [0.2, 0.25) is 5.02 Å². The van der Waals surface area contributed by atoms with Gasteiger partial charge in [0.25, 0.3) is 0 Å². The molecule has 0 amide bonds. The Morgan fingerprint density at radius 3 is 1.74 bits per heavy atom. The zero-order valence-corrected chi connectivity index (χ0v) is 24.1. The van der Waals surface area contributed by atoms with Crippen molar-refractivity contribution in [2.24, 2.45) is 11.8 Å². The van der Waals surface area contributed by atoms with E-state index in [1.165, 1.54) is 93.7 Å². The van der Waals surface area contributed by atoms with Gasteiger partial charge in [-0.3, -0.25) is 0 Å². The quantitative estimate of drug-likeness (QED) is 0.181. The highest BCUT2D eigenvalue weighted by Crippen LogP contribution is 2.34. The van der Waals surface area contributed by atoms with Crippen molar-refractivity contribution in [1.29, 1.82) is 0 Å². The van der Waals surface area contributed by atoms with E-state index in [1.807, 2.05) is 30.3 Å². The Labute approximate surface area is 236 Å². The first kappa shape index (κ1) is 28.9. The fraction of sp³-hybridized carbons (Fsp3) is 0.500. The molecule has 3 aromatic carbocycles. The van der Waals surface area contributed by atoms with Crippen LogP contribution in [0.15, 0.2) is 66.7 Å². The number of hydrogen-bond donors (Lipinski definition) is 0. The van der Waals surface area contributed by atoms with E-state index >= 15 is 0 Å². The summed E-state index contributed by atoms with van der Waals surface area (Å²) in [6.45, 7) is 2.27. The Kier molecular flexibility index (Phi) is 11.8. The van der Waals surface area contributed by atoms with Crippen LogP contribution < -0.4 is 0 Å². The minimum atomic E-state index is -0.0512. The molecule has 1 saturated carbocycles. The van der Waals surface area contributed by atoms with Gasteiger partial charge >= 0.3 is 0 Å². The second-order valence-corrected chi connectivity index (χ2v) is 12.1. The van der Waals surface area contributed by atoms with Crippen molar-refractivity contribution >= 4 is 11.6 Å². The van der Waals surface area contributed by atoms with Crippen molar-refractivity contribution in [3.63, 3.8) is 0 Å². The van der Waals surface area contributed by atoms with Gasteiger partial charge in [-0.05, 0) is 109 Å².